The summed E-state index contributed by atoms with van der Waals surface area (Å²) >= 11 is 6.25. The van der Waals surface area contributed by atoms with Crippen LogP contribution < -0.4 is 0 Å². The van der Waals surface area contributed by atoms with E-state index in [2.05, 4.69) is 6.92 Å². The van der Waals surface area contributed by atoms with Gasteiger partial charge in [0.05, 0.1) is 10.3 Å². The molecule has 1 atom stereocenters. The van der Waals surface area contributed by atoms with Crippen molar-refractivity contribution >= 4 is 21.7 Å². The molecule has 0 amide bonds. The molecule has 3 nitrogen and oxygen atoms in total. The number of rotatable bonds is 6. The molecule has 0 radical (unpaired) electrons. The smallest absolute Gasteiger partial charge is 0.282 e. The minimum Gasteiger partial charge on any atom is -0.282 e. The standard InChI is InChI=1S/C13H19ClO3S/c1-3-4-5-6-12(14)11-9-10(2)7-8-13(11)18(15,16)17/h7-9,12H,3-6H2,1-2H3,(H,15,16,17). The maximum Gasteiger partial charge on any atom is 0.294 e. The zero-order valence-corrected chi connectivity index (χ0v) is 12.3. The van der Waals surface area contributed by atoms with E-state index in [1.54, 1.807) is 12.1 Å². The maximum absolute atomic E-state index is 11.3. The third-order valence-corrected chi connectivity index (χ3v) is 4.22. The Kier molecular flexibility index (Phi) is 5.63. The number of benzene rings is 1. The van der Waals surface area contributed by atoms with Crippen molar-refractivity contribution in [1.82, 2.24) is 0 Å². The predicted octanol–water partition coefficient (Wildman–Crippen LogP) is 4.10. The highest BCUT2D eigenvalue weighted by Gasteiger charge is 2.20. The van der Waals surface area contributed by atoms with Crippen molar-refractivity contribution < 1.29 is 13.0 Å². The Balaban J connectivity index is 3.02. The lowest BCUT2D eigenvalue weighted by atomic mass is 10.0. The second kappa shape index (κ2) is 6.55. The van der Waals surface area contributed by atoms with E-state index in [-0.39, 0.29) is 10.3 Å². The van der Waals surface area contributed by atoms with E-state index in [1.165, 1.54) is 6.07 Å². The van der Waals surface area contributed by atoms with Gasteiger partial charge in [0.2, 0.25) is 0 Å². The number of hydrogen-bond acceptors (Lipinski definition) is 2. The van der Waals surface area contributed by atoms with Crippen LogP contribution in [0, 0.1) is 6.92 Å². The molecular formula is C13H19ClO3S. The van der Waals surface area contributed by atoms with Gasteiger partial charge in [0.1, 0.15) is 0 Å². The zero-order chi connectivity index (χ0) is 13.8. The second-order valence-electron chi connectivity index (χ2n) is 4.48. The lowest BCUT2D eigenvalue weighted by molar-refractivity contribution is 0.481. The Hall–Kier alpha value is -0.580. The minimum atomic E-state index is -4.21. The van der Waals surface area contributed by atoms with Gasteiger partial charge in [0.15, 0.2) is 0 Å². The van der Waals surface area contributed by atoms with E-state index in [9.17, 15) is 13.0 Å². The number of alkyl halides is 1. The normalized spacial score (nSPS) is 13.6. The number of unbranched alkanes of at least 4 members (excludes halogenated alkanes) is 2. The third-order valence-electron chi connectivity index (χ3n) is 2.84. The lowest BCUT2D eigenvalue weighted by Gasteiger charge is -2.14. The highest BCUT2D eigenvalue weighted by atomic mass is 35.5. The van der Waals surface area contributed by atoms with Gasteiger partial charge in [-0.25, -0.2) is 0 Å². The number of aryl methyl sites for hydroxylation is 1. The molecule has 1 rings (SSSR count). The Morgan fingerprint density at radius 3 is 2.56 bits per heavy atom. The van der Waals surface area contributed by atoms with Crippen LogP contribution in [0.25, 0.3) is 0 Å². The second-order valence-corrected chi connectivity index (χ2v) is 6.40. The van der Waals surface area contributed by atoms with Crippen molar-refractivity contribution in [2.24, 2.45) is 0 Å². The van der Waals surface area contributed by atoms with Crippen LogP contribution in [-0.2, 0) is 10.1 Å². The summed E-state index contributed by atoms with van der Waals surface area (Å²) in [6.07, 6.45) is 3.81. The SMILES string of the molecule is CCCCCC(Cl)c1cc(C)ccc1S(=O)(=O)O. The molecule has 1 N–H and O–H groups in total. The van der Waals surface area contributed by atoms with Crippen LogP contribution in [0.2, 0.25) is 0 Å². The minimum absolute atomic E-state index is 0.0791. The lowest BCUT2D eigenvalue weighted by Crippen LogP contribution is -2.05. The van der Waals surface area contributed by atoms with Crippen LogP contribution in [0.4, 0.5) is 0 Å². The Morgan fingerprint density at radius 2 is 2.00 bits per heavy atom. The Morgan fingerprint density at radius 1 is 1.33 bits per heavy atom. The summed E-state index contributed by atoms with van der Waals surface area (Å²) in [6, 6.07) is 4.80. The van der Waals surface area contributed by atoms with Gasteiger partial charge < -0.3 is 0 Å². The molecule has 18 heavy (non-hydrogen) atoms. The highest BCUT2D eigenvalue weighted by molar-refractivity contribution is 7.85. The molecule has 0 fully saturated rings. The third kappa shape index (κ3) is 4.26. The molecule has 0 aromatic heterocycles. The van der Waals surface area contributed by atoms with Gasteiger partial charge >= 0.3 is 0 Å². The molecule has 1 aromatic carbocycles. The van der Waals surface area contributed by atoms with Crippen molar-refractivity contribution in [1.29, 1.82) is 0 Å². The Bertz CT molecular complexity index is 497. The fraction of sp³-hybridized carbons (Fsp3) is 0.538. The highest BCUT2D eigenvalue weighted by Crippen LogP contribution is 2.32. The summed E-state index contributed by atoms with van der Waals surface area (Å²) in [7, 11) is -4.21. The molecule has 0 saturated carbocycles. The van der Waals surface area contributed by atoms with Crippen molar-refractivity contribution in [2.45, 2.75) is 49.8 Å². The predicted molar refractivity (Wildman–Crippen MR) is 73.7 cm³/mol. The number of hydrogen-bond donors (Lipinski definition) is 1. The monoisotopic (exact) mass is 290 g/mol. The topological polar surface area (TPSA) is 54.4 Å². The van der Waals surface area contributed by atoms with Crippen LogP contribution in [0.1, 0.15) is 49.1 Å². The van der Waals surface area contributed by atoms with Crippen LogP contribution in [-0.4, -0.2) is 13.0 Å². The first-order chi connectivity index (χ1) is 8.36. The molecule has 1 aromatic rings. The summed E-state index contributed by atoms with van der Waals surface area (Å²) in [4.78, 5) is -0.0791. The van der Waals surface area contributed by atoms with E-state index < -0.39 is 10.1 Å². The Labute approximate surface area is 114 Å². The van der Waals surface area contributed by atoms with Crippen LogP contribution in [0.3, 0.4) is 0 Å². The van der Waals surface area contributed by atoms with Crippen LogP contribution >= 0.6 is 11.6 Å². The van der Waals surface area contributed by atoms with Gasteiger partial charge in [-0.3, -0.25) is 4.55 Å². The van der Waals surface area contributed by atoms with E-state index >= 15 is 0 Å². The summed E-state index contributed by atoms with van der Waals surface area (Å²) in [5.41, 5.74) is 1.42. The van der Waals surface area contributed by atoms with Crippen LogP contribution in [0.5, 0.6) is 0 Å². The first-order valence-electron chi connectivity index (χ1n) is 6.08. The summed E-state index contributed by atoms with van der Waals surface area (Å²) in [6.45, 7) is 3.96. The van der Waals surface area contributed by atoms with Crippen LogP contribution in [0.15, 0.2) is 23.1 Å². The molecule has 0 spiro atoms. The maximum atomic E-state index is 11.3. The van der Waals surface area contributed by atoms with Crippen molar-refractivity contribution in [3.63, 3.8) is 0 Å². The first kappa shape index (κ1) is 15.5. The fourth-order valence-electron chi connectivity index (χ4n) is 1.88. The van der Waals surface area contributed by atoms with Gasteiger partial charge in [0, 0.05) is 0 Å². The van der Waals surface area contributed by atoms with Crippen molar-refractivity contribution in [3.05, 3.63) is 29.3 Å². The summed E-state index contributed by atoms with van der Waals surface area (Å²) in [5.74, 6) is 0. The van der Waals surface area contributed by atoms with E-state index in [0.29, 0.717) is 12.0 Å². The molecule has 0 bridgehead atoms. The average molecular weight is 291 g/mol. The van der Waals surface area contributed by atoms with E-state index in [0.717, 1.165) is 24.8 Å². The quantitative estimate of drug-likeness (QED) is 0.487. The molecule has 0 saturated heterocycles. The van der Waals surface area contributed by atoms with Crippen molar-refractivity contribution in [2.75, 3.05) is 0 Å². The molecule has 0 aliphatic carbocycles. The summed E-state index contributed by atoms with van der Waals surface area (Å²) in [5, 5.41) is -0.381. The fourth-order valence-corrected chi connectivity index (χ4v) is 3.02. The van der Waals surface area contributed by atoms with Gasteiger partial charge in [-0.1, -0.05) is 43.9 Å². The molecule has 0 aliphatic heterocycles. The van der Waals surface area contributed by atoms with Gasteiger partial charge in [-0.15, -0.1) is 11.6 Å². The zero-order valence-electron chi connectivity index (χ0n) is 10.7. The van der Waals surface area contributed by atoms with Crippen molar-refractivity contribution in [3.8, 4) is 0 Å². The first-order valence-corrected chi connectivity index (χ1v) is 7.96. The summed E-state index contributed by atoms with van der Waals surface area (Å²) < 4.78 is 31.8. The molecule has 1 unspecified atom stereocenters. The van der Waals surface area contributed by atoms with Gasteiger partial charge in [0.25, 0.3) is 10.1 Å². The number of halogens is 1. The molecule has 0 aliphatic rings. The molecular weight excluding hydrogens is 272 g/mol. The van der Waals surface area contributed by atoms with E-state index in [4.69, 9.17) is 11.6 Å². The van der Waals surface area contributed by atoms with E-state index in [1.807, 2.05) is 6.92 Å². The largest absolute Gasteiger partial charge is 0.294 e. The van der Waals surface area contributed by atoms with Gasteiger partial charge in [-0.2, -0.15) is 8.42 Å². The van der Waals surface area contributed by atoms with Gasteiger partial charge in [-0.05, 0) is 25.0 Å². The molecule has 5 heteroatoms. The molecule has 0 heterocycles. The molecule has 102 valence electrons. The average Bonchev–Trinajstić information content (AvgIpc) is 2.27.